The molecule has 0 aromatic heterocycles. The number of amides is 2. The Kier molecular flexibility index (Phi) is 5.79. The minimum Gasteiger partial charge on any atom is -0.481 e. The molecule has 2 N–H and O–H groups in total. The van der Waals surface area contributed by atoms with Gasteiger partial charge in [0.05, 0.1) is 5.92 Å². The first-order valence-electron chi connectivity index (χ1n) is 7.88. The molecule has 0 aromatic rings. The Morgan fingerprint density at radius 3 is 2.52 bits per heavy atom. The van der Waals surface area contributed by atoms with E-state index in [0.717, 1.165) is 38.0 Å². The summed E-state index contributed by atoms with van der Waals surface area (Å²) in [5.74, 6) is 0.572. The molecule has 6 heteroatoms. The van der Waals surface area contributed by atoms with Gasteiger partial charge in [-0.25, -0.2) is 4.79 Å². The van der Waals surface area contributed by atoms with Crippen LogP contribution < -0.4 is 5.32 Å². The molecule has 21 heavy (non-hydrogen) atoms. The maximum Gasteiger partial charge on any atom is 0.317 e. The van der Waals surface area contributed by atoms with Gasteiger partial charge >= 0.3 is 12.0 Å². The van der Waals surface area contributed by atoms with Crippen molar-refractivity contribution in [2.45, 2.75) is 50.8 Å². The van der Waals surface area contributed by atoms with Crippen molar-refractivity contribution in [3.05, 3.63) is 0 Å². The van der Waals surface area contributed by atoms with Crippen LogP contribution in [0, 0.1) is 11.8 Å². The van der Waals surface area contributed by atoms with Gasteiger partial charge in [-0.1, -0.05) is 6.92 Å². The van der Waals surface area contributed by atoms with Crippen molar-refractivity contribution >= 4 is 23.8 Å². The van der Waals surface area contributed by atoms with Crippen LogP contribution in [0.5, 0.6) is 0 Å². The molecule has 2 rings (SSSR count). The molecule has 0 bridgehead atoms. The standard InChI is InChI=1S/C15H26N2O3S/c1-10-11(2)21-8-7-17(10)15(20)16-9-12-3-5-13(6-4-12)14(18)19/h10-13H,3-9H2,1-2H3,(H,16,20)(H,18,19). The van der Waals surface area contributed by atoms with Crippen molar-refractivity contribution < 1.29 is 14.7 Å². The molecule has 1 aliphatic carbocycles. The fourth-order valence-electron chi connectivity index (χ4n) is 3.17. The van der Waals surface area contributed by atoms with E-state index in [1.54, 1.807) is 0 Å². The van der Waals surface area contributed by atoms with Crippen LogP contribution in [0.25, 0.3) is 0 Å². The first-order chi connectivity index (χ1) is 9.99. The fourth-order valence-corrected chi connectivity index (χ4v) is 4.27. The van der Waals surface area contributed by atoms with Crippen molar-refractivity contribution in [2.75, 3.05) is 18.8 Å². The summed E-state index contributed by atoms with van der Waals surface area (Å²) in [6.07, 6.45) is 3.28. The lowest BCUT2D eigenvalue weighted by Gasteiger charge is -2.37. The average molecular weight is 314 g/mol. The zero-order valence-electron chi connectivity index (χ0n) is 12.9. The molecule has 120 valence electrons. The van der Waals surface area contributed by atoms with Crippen LogP contribution in [0.4, 0.5) is 4.79 Å². The van der Waals surface area contributed by atoms with Gasteiger partial charge in [-0.2, -0.15) is 11.8 Å². The lowest BCUT2D eigenvalue weighted by molar-refractivity contribution is -0.143. The SMILES string of the molecule is CC1SCCN(C(=O)NCC2CCC(C(=O)O)CC2)C1C. The number of hydrogen-bond acceptors (Lipinski definition) is 3. The third-order valence-electron chi connectivity index (χ3n) is 4.88. The fraction of sp³-hybridized carbons (Fsp3) is 0.867. The maximum absolute atomic E-state index is 12.3. The number of carbonyl (C=O) groups is 2. The van der Waals surface area contributed by atoms with Gasteiger partial charge in [0.15, 0.2) is 0 Å². The van der Waals surface area contributed by atoms with Gasteiger partial charge < -0.3 is 15.3 Å². The van der Waals surface area contributed by atoms with Crippen molar-refractivity contribution in [1.29, 1.82) is 0 Å². The highest BCUT2D eigenvalue weighted by Crippen LogP contribution is 2.29. The quantitative estimate of drug-likeness (QED) is 0.839. The molecular weight excluding hydrogens is 288 g/mol. The molecule has 0 radical (unpaired) electrons. The monoisotopic (exact) mass is 314 g/mol. The molecule has 5 nitrogen and oxygen atoms in total. The summed E-state index contributed by atoms with van der Waals surface area (Å²) in [5.41, 5.74) is 0. The molecule has 1 saturated heterocycles. The van der Waals surface area contributed by atoms with Crippen LogP contribution in [0.1, 0.15) is 39.5 Å². The Hall–Kier alpha value is -0.910. The highest BCUT2D eigenvalue weighted by molar-refractivity contribution is 8.00. The molecule has 1 heterocycles. The van der Waals surface area contributed by atoms with E-state index >= 15 is 0 Å². The lowest BCUT2D eigenvalue weighted by atomic mass is 9.82. The Bertz CT molecular complexity index is 383. The molecule has 1 aliphatic heterocycles. The van der Waals surface area contributed by atoms with E-state index in [4.69, 9.17) is 5.11 Å². The van der Waals surface area contributed by atoms with Crippen LogP contribution in [0.15, 0.2) is 0 Å². The van der Waals surface area contributed by atoms with E-state index in [2.05, 4.69) is 19.2 Å². The van der Waals surface area contributed by atoms with Crippen molar-refractivity contribution in [3.8, 4) is 0 Å². The molecule has 2 unspecified atom stereocenters. The number of carboxylic acids is 1. The van der Waals surface area contributed by atoms with E-state index in [1.807, 2.05) is 16.7 Å². The second-order valence-electron chi connectivity index (χ2n) is 6.25. The van der Waals surface area contributed by atoms with Crippen molar-refractivity contribution in [1.82, 2.24) is 10.2 Å². The number of hydrogen-bond donors (Lipinski definition) is 2. The van der Waals surface area contributed by atoms with E-state index in [-0.39, 0.29) is 18.0 Å². The number of carboxylic acid groups (broad SMARTS) is 1. The van der Waals surface area contributed by atoms with Crippen molar-refractivity contribution in [2.24, 2.45) is 11.8 Å². The summed E-state index contributed by atoms with van der Waals surface area (Å²) in [4.78, 5) is 25.1. The highest BCUT2D eigenvalue weighted by Gasteiger charge is 2.30. The molecule has 1 saturated carbocycles. The zero-order chi connectivity index (χ0) is 15.4. The van der Waals surface area contributed by atoms with Crippen molar-refractivity contribution in [3.63, 3.8) is 0 Å². The number of nitrogens with zero attached hydrogens (tertiary/aromatic N) is 1. The molecule has 2 fully saturated rings. The molecule has 2 aliphatic rings. The number of nitrogens with one attached hydrogen (secondary N) is 1. The third-order valence-corrected chi connectivity index (χ3v) is 6.22. The van der Waals surface area contributed by atoms with E-state index in [9.17, 15) is 9.59 Å². The largest absolute Gasteiger partial charge is 0.481 e. The third kappa shape index (κ3) is 4.28. The molecular formula is C15H26N2O3S. The number of aliphatic carboxylic acids is 1. The lowest BCUT2D eigenvalue weighted by Crippen LogP contribution is -2.52. The van der Waals surface area contributed by atoms with Crippen LogP contribution in [-0.4, -0.2) is 52.1 Å². The normalized spacial score (nSPS) is 33.5. The predicted molar refractivity (Wildman–Crippen MR) is 84.6 cm³/mol. The summed E-state index contributed by atoms with van der Waals surface area (Å²) in [7, 11) is 0. The van der Waals surface area contributed by atoms with Gasteiger partial charge in [0.1, 0.15) is 0 Å². The first kappa shape index (κ1) is 16.5. The van der Waals surface area contributed by atoms with Crippen LogP contribution in [0.2, 0.25) is 0 Å². The Labute approximate surface area is 130 Å². The molecule has 0 aromatic carbocycles. The Balaban J connectivity index is 1.73. The average Bonchev–Trinajstić information content (AvgIpc) is 2.48. The summed E-state index contributed by atoms with van der Waals surface area (Å²) < 4.78 is 0. The van der Waals surface area contributed by atoms with E-state index in [0.29, 0.717) is 17.7 Å². The molecule has 2 atom stereocenters. The smallest absolute Gasteiger partial charge is 0.317 e. The summed E-state index contributed by atoms with van der Waals surface area (Å²) in [5, 5.41) is 12.5. The van der Waals surface area contributed by atoms with Gasteiger partial charge in [-0.3, -0.25) is 4.79 Å². The topological polar surface area (TPSA) is 69.6 Å². The second-order valence-corrected chi connectivity index (χ2v) is 7.74. The minimum atomic E-state index is -0.675. The predicted octanol–water partition coefficient (Wildman–Crippen LogP) is 2.41. The van der Waals surface area contributed by atoms with Gasteiger partial charge in [-0.05, 0) is 38.5 Å². The number of urea groups is 1. The Morgan fingerprint density at radius 1 is 1.24 bits per heavy atom. The maximum atomic E-state index is 12.3. The summed E-state index contributed by atoms with van der Waals surface area (Å²) in [6, 6.07) is 0.307. The molecule has 0 spiro atoms. The van der Waals surface area contributed by atoms with Gasteiger partial charge in [0.2, 0.25) is 0 Å². The highest BCUT2D eigenvalue weighted by atomic mass is 32.2. The Morgan fingerprint density at radius 2 is 1.90 bits per heavy atom. The van der Waals surface area contributed by atoms with Crippen LogP contribution in [-0.2, 0) is 4.79 Å². The number of rotatable bonds is 3. The minimum absolute atomic E-state index is 0.0370. The van der Waals surface area contributed by atoms with Gasteiger partial charge in [0, 0.05) is 30.1 Å². The molecule has 2 amide bonds. The number of carbonyl (C=O) groups excluding carboxylic acids is 1. The van der Waals surface area contributed by atoms with Gasteiger partial charge in [-0.15, -0.1) is 0 Å². The van der Waals surface area contributed by atoms with E-state index < -0.39 is 5.97 Å². The van der Waals surface area contributed by atoms with Gasteiger partial charge in [0.25, 0.3) is 0 Å². The summed E-state index contributed by atoms with van der Waals surface area (Å²) >= 11 is 1.92. The number of thioether (sulfide) groups is 1. The second kappa shape index (κ2) is 7.38. The van der Waals surface area contributed by atoms with Crippen LogP contribution >= 0.6 is 11.8 Å². The van der Waals surface area contributed by atoms with Crippen LogP contribution in [0.3, 0.4) is 0 Å². The zero-order valence-corrected chi connectivity index (χ0v) is 13.7. The summed E-state index contributed by atoms with van der Waals surface area (Å²) in [6.45, 7) is 5.76. The van der Waals surface area contributed by atoms with E-state index in [1.165, 1.54) is 0 Å². The first-order valence-corrected chi connectivity index (χ1v) is 8.92.